The summed E-state index contributed by atoms with van der Waals surface area (Å²) in [6.07, 6.45) is -0.218. The van der Waals surface area contributed by atoms with Crippen LogP contribution in [0.15, 0.2) is 48.5 Å². The van der Waals surface area contributed by atoms with Crippen LogP contribution < -0.4 is 10.1 Å². The number of fused-ring (bicyclic) bond motifs is 1. The molecule has 2 aromatic carbocycles. The fraction of sp³-hybridized carbons (Fsp3) is 0.385. The summed E-state index contributed by atoms with van der Waals surface area (Å²) >= 11 is 0. The predicted molar refractivity (Wildman–Crippen MR) is 128 cm³/mol. The summed E-state index contributed by atoms with van der Waals surface area (Å²) in [5, 5.41) is 3.75. The third kappa shape index (κ3) is 5.33. The number of pyridine rings is 1. The second-order valence-corrected chi connectivity index (χ2v) is 8.22. The van der Waals surface area contributed by atoms with Crippen molar-refractivity contribution in [1.82, 2.24) is 15.2 Å². The van der Waals surface area contributed by atoms with E-state index in [2.05, 4.69) is 35.3 Å². The van der Waals surface area contributed by atoms with E-state index in [9.17, 15) is 4.79 Å². The highest BCUT2D eigenvalue weighted by atomic mass is 16.5. The summed E-state index contributed by atoms with van der Waals surface area (Å²) in [5.74, 6) is 0.795. The third-order valence-corrected chi connectivity index (χ3v) is 5.94. The molecular weight excluding hydrogens is 418 g/mol. The van der Waals surface area contributed by atoms with Crippen molar-refractivity contribution in [1.29, 1.82) is 0 Å². The summed E-state index contributed by atoms with van der Waals surface area (Å²) in [4.78, 5) is 20.1. The Balaban J connectivity index is 1.58. The molecule has 1 amide bonds. The molecule has 2 heterocycles. The Morgan fingerprint density at radius 1 is 1.21 bits per heavy atom. The first-order chi connectivity index (χ1) is 16.1. The number of carbonyl (C=O) groups excluding carboxylic acids is 1. The standard InChI is InChI=1S/C26H31N3O4/c1-18-7-6-8-19(25(18)32-3)16-29-12-14-33-24(17-29)23-15-21(26(30)27-11-13-31-2)20-9-4-5-10-22(20)28-23/h4-10,15,24H,11-14,16-17H2,1-3H3,(H,27,30). The molecule has 7 nitrogen and oxygen atoms in total. The number of hydrogen-bond acceptors (Lipinski definition) is 6. The maximum absolute atomic E-state index is 12.9. The number of rotatable bonds is 8. The van der Waals surface area contributed by atoms with Crippen molar-refractivity contribution in [2.45, 2.75) is 19.6 Å². The van der Waals surface area contributed by atoms with Crippen LogP contribution in [0.5, 0.6) is 5.75 Å². The topological polar surface area (TPSA) is 72.9 Å². The Morgan fingerprint density at radius 3 is 2.88 bits per heavy atom. The van der Waals surface area contributed by atoms with Crippen LogP contribution in [0, 0.1) is 6.92 Å². The van der Waals surface area contributed by atoms with E-state index in [4.69, 9.17) is 19.2 Å². The molecule has 7 heteroatoms. The molecular formula is C26H31N3O4. The van der Waals surface area contributed by atoms with Gasteiger partial charge in [0.05, 0.1) is 37.1 Å². The molecule has 0 bridgehead atoms. The number of carbonyl (C=O) groups is 1. The normalized spacial score (nSPS) is 16.6. The highest BCUT2D eigenvalue weighted by molar-refractivity contribution is 6.06. The van der Waals surface area contributed by atoms with Gasteiger partial charge in [0, 0.05) is 44.2 Å². The van der Waals surface area contributed by atoms with Crippen LogP contribution in [0.3, 0.4) is 0 Å². The third-order valence-electron chi connectivity index (χ3n) is 5.94. The van der Waals surface area contributed by atoms with Crippen molar-refractivity contribution in [3.05, 3.63) is 70.9 Å². The zero-order chi connectivity index (χ0) is 23.2. The SMILES string of the molecule is COCCNC(=O)c1cc(C2CN(Cc3cccc(C)c3OC)CCO2)nc2ccccc12. The number of amides is 1. The van der Waals surface area contributed by atoms with Gasteiger partial charge in [0.2, 0.25) is 0 Å². The number of benzene rings is 2. The molecule has 0 aliphatic carbocycles. The van der Waals surface area contributed by atoms with Crippen molar-refractivity contribution in [2.75, 3.05) is 47.1 Å². The molecule has 0 saturated carbocycles. The van der Waals surface area contributed by atoms with E-state index >= 15 is 0 Å². The van der Waals surface area contributed by atoms with E-state index in [1.165, 1.54) is 0 Å². The second kappa shape index (κ2) is 10.7. The molecule has 1 aliphatic heterocycles. The summed E-state index contributed by atoms with van der Waals surface area (Å²) in [5.41, 5.74) is 4.44. The monoisotopic (exact) mass is 449 g/mol. The number of nitrogens with one attached hydrogen (secondary N) is 1. The summed E-state index contributed by atoms with van der Waals surface area (Å²) < 4.78 is 16.8. The molecule has 0 radical (unpaired) electrons. The maximum Gasteiger partial charge on any atom is 0.252 e. The number of aromatic nitrogens is 1. The lowest BCUT2D eigenvalue weighted by Crippen LogP contribution is -2.38. The van der Waals surface area contributed by atoms with Gasteiger partial charge in [-0.15, -0.1) is 0 Å². The molecule has 1 aliphatic rings. The van der Waals surface area contributed by atoms with E-state index in [-0.39, 0.29) is 12.0 Å². The van der Waals surface area contributed by atoms with Gasteiger partial charge in [-0.25, -0.2) is 4.98 Å². The first-order valence-electron chi connectivity index (χ1n) is 11.2. The number of methoxy groups -OCH3 is 2. The van der Waals surface area contributed by atoms with Gasteiger partial charge >= 0.3 is 0 Å². The molecule has 1 aromatic heterocycles. The molecule has 174 valence electrons. The van der Waals surface area contributed by atoms with Gasteiger partial charge in [-0.05, 0) is 24.6 Å². The van der Waals surface area contributed by atoms with Crippen LogP contribution >= 0.6 is 0 Å². The van der Waals surface area contributed by atoms with Crippen LogP contribution in [0.25, 0.3) is 10.9 Å². The van der Waals surface area contributed by atoms with E-state index < -0.39 is 0 Å². The highest BCUT2D eigenvalue weighted by Crippen LogP contribution is 2.29. The van der Waals surface area contributed by atoms with Crippen LogP contribution in [-0.2, 0) is 16.0 Å². The van der Waals surface area contributed by atoms with Gasteiger partial charge in [0.15, 0.2) is 0 Å². The fourth-order valence-electron chi connectivity index (χ4n) is 4.31. The van der Waals surface area contributed by atoms with Gasteiger partial charge in [-0.3, -0.25) is 9.69 Å². The maximum atomic E-state index is 12.9. The van der Waals surface area contributed by atoms with Crippen LogP contribution in [0.1, 0.15) is 33.3 Å². The summed E-state index contributed by atoms with van der Waals surface area (Å²) in [6.45, 7) is 5.85. The van der Waals surface area contributed by atoms with Crippen molar-refractivity contribution < 1.29 is 19.0 Å². The minimum absolute atomic E-state index is 0.135. The number of morpholine rings is 1. The Labute approximate surface area is 194 Å². The second-order valence-electron chi connectivity index (χ2n) is 8.22. The predicted octanol–water partition coefficient (Wildman–Crippen LogP) is 3.50. The van der Waals surface area contributed by atoms with Gasteiger partial charge in [-0.2, -0.15) is 0 Å². The summed E-state index contributed by atoms with van der Waals surface area (Å²) in [6, 6.07) is 15.8. The minimum Gasteiger partial charge on any atom is -0.496 e. The smallest absolute Gasteiger partial charge is 0.252 e. The number of ether oxygens (including phenoxy) is 3. The minimum atomic E-state index is -0.218. The molecule has 4 rings (SSSR count). The Bertz CT molecular complexity index is 1120. The van der Waals surface area contributed by atoms with E-state index in [0.717, 1.165) is 46.6 Å². The van der Waals surface area contributed by atoms with Crippen molar-refractivity contribution in [3.63, 3.8) is 0 Å². The zero-order valence-corrected chi connectivity index (χ0v) is 19.5. The highest BCUT2D eigenvalue weighted by Gasteiger charge is 2.26. The molecule has 1 unspecified atom stereocenters. The largest absolute Gasteiger partial charge is 0.496 e. The molecule has 0 spiro atoms. The van der Waals surface area contributed by atoms with Gasteiger partial charge < -0.3 is 19.5 Å². The lowest BCUT2D eigenvalue weighted by molar-refractivity contribution is -0.0350. The molecule has 3 aromatic rings. The van der Waals surface area contributed by atoms with Crippen LogP contribution in [0.2, 0.25) is 0 Å². The quantitative estimate of drug-likeness (QED) is 0.531. The number of nitrogens with zero attached hydrogens (tertiary/aromatic N) is 2. The van der Waals surface area contributed by atoms with Crippen molar-refractivity contribution in [3.8, 4) is 5.75 Å². The van der Waals surface area contributed by atoms with E-state index in [0.29, 0.717) is 31.9 Å². The van der Waals surface area contributed by atoms with Gasteiger partial charge in [0.25, 0.3) is 5.91 Å². The van der Waals surface area contributed by atoms with Crippen molar-refractivity contribution in [2.24, 2.45) is 0 Å². The van der Waals surface area contributed by atoms with Crippen molar-refractivity contribution >= 4 is 16.8 Å². The zero-order valence-electron chi connectivity index (χ0n) is 19.5. The van der Waals surface area contributed by atoms with E-state index in [1.807, 2.05) is 30.3 Å². The Hall–Kier alpha value is -3.00. The first kappa shape index (κ1) is 23.2. The molecule has 33 heavy (non-hydrogen) atoms. The lowest BCUT2D eigenvalue weighted by atomic mass is 10.0. The Kier molecular flexibility index (Phi) is 7.54. The molecule has 1 N–H and O–H groups in total. The fourth-order valence-corrected chi connectivity index (χ4v) is 4.31. The average molecular weight is 450 g/mol. The molecule has 1 fully saturated rings. The molecule has 1 atom stereocenters. The number of para-hydroxylation sites is 2. The van der Waals surface area contributed by atoms with Crippen LogP contribution in [-0.4, -0.2) is 62.9 Å². The van der Waals surface area contributed by atoms with Crippen LogP contribution in [0.4, 0.5) is 0 Å². The number of hydrogen-bond donors (Lipinski definition) is 1. The Morgan fingerprint density at radius 2 is 2.06 bits per heavy atom. The van der Waals surface area contributed by atoms with Gasteiger partial charge in [-0.1, -0.05) is 36.4 Å². The average Bonchev–Trinajstić information content (AvgIpc) is 2.84. The summed E-state index contributed by atoms with van der Waals surface area (Å²) in [7, 11) is 3.33. The van der Waals surface area contributed by atoms with Gasteiger partial charge in [0.1, 0.15) is 11.9 Å². The lowest BCUT2D eigenvalue weighted by Gasteiger charge is -2.33. The van der Waals surface area contributed by atoms with E-state index in [1.54, 1.807) is 14.2 Å². The molecule has 1 saturated heterocycles. The number of aryl methyl sites for hydroxylation is 1. The first-order valence-corrected chi connectivity index (χ1v) is 11.2.